The van der Waals surface area contributed by atoms with Gasteiger partial charge in [0.25, 0.3) is 5.91 Å². The van der Waals surface area contributed by atoms with Crippen molar-refractivity contribution < 1.29 is 33.7 Å². The van der Waals surface area contributed by atoms with Gasteiger partial charge in [-0.25, -0.2) is 4.39 Å². The molecule has 0 radical (unpaired) electrons. The van der Waals surface area contributed by atoms with E-state index in [2.05, 4.69) is 0 Å². The van der Waals surface area contributed by atoms with Crippen molar-refractivity contribution in [1.29, 1.82) is 0 Å². The number of carbonyl (C=O) groups is 2. The van der Waals surface area contributed by atoms with Gasteiger partial charge in [-0.2, -0.15) is 0 Å². The summed E-state index contributed by atoms with van der Waals surface area (Å²) in [5.74, 6) is -0.891. The molecule has 4 N–H and O–H groups in total. The van der Waals surface area contributed by atoms with Crippen LogP contribution in [0.1, 0.15) is 62.7 Å². The Labute approximate surface area is 226 Å². The van der Waals surface area contributed by atoms with Crippen LogP contribution in [0.25, 0.3) is 0 Å². The first kappa shape index (κ1) is 32.1. The number of hydrogen-bond acceptors (Lipinski definition) is 7. The van der Waals surface area contributed by atoms with Crippen LogP contribution >= 0.6 is 0 Å². The number of nitrogens with zero attached hydrogens (tertiary/aromatic N) is 2. The second-order valence-electron chi connectivity index (χ2n) is 10.3. The van der Waals surface area contributed by atoms with Crippen LogP contribution in [0.4, 0.5) is 4.39 Å². The predicted octanol–water partition coefficient (Wildman–Crippen LogP) is 2.19. The highest BCUT2D eigenvalue weighted by atomic mass is 19.1. The lowest BCUT2D eigenvalue weighted by atomic mass is 10.1. The number of carbonyl (C=O) groups excluding carboxylic acids is 2. The predicted molar refractivity (Wildman–Crippen MR) is 143 cm³/mol. The highest BCUT2D eigenvalue weighted by molar-refractivity contribution is 5.94. The van der Waals surface area contributed by atoms with Gasteiger partial charge in [0.1, 0.15) is 24.1 Å². The monoisotopic (exact) mass is 539 g/mol. The lowest BCUT2D eigenvalue weighted by Gasteiger charge is -2.34. The normalized spacial score (nSPS) is 22.3. The van der Waals surface area contributed by atoms with Crippen LogP contribution in [-0.2, 0) is 14.3 Å². The maximum atomic E-state index is 14.6. The lowest BCUT2D eigenvalue weighted by molar-refractivity contribution is -0.132. The maximum Gasteiger partial charge on any atom is 0.256 e. The first-order chi connectivity index (χ1) is 18.2. The Hall–Kier alpha value is -2.11. The third-order valence-electron chi connectivity index (χ3n) is 6.69. The summed E-state index contributed by atoms with van der Waals surface area (Å²) in [5.41, 5.74) is 5.47. The Morgan fingerprint density at radius 2 is 1.87 bits per heavy atom. The van der Waals surface area contributed by atoms with E-state index in [4.69, 9.17) is 15.2 Å². The summed E-state index contributed by atoms with van der Waals surface area (Å²) >= 11 is 0. The smallest absolute Gasteiger partial charge is 0.256 e. The third-order valence-corrected chi connectivity index (χ3v) is 6.69. The fraction of sp³-hybridized carbons (Fsp3) is 0.714. The number of nitrogens with two attached hydrogens (primary N) is 1. The molecule has 0 unspecified atom stereocenters. The Kier molecular flexibility index (Phi) is 14.8. The molecule has 1 heterocycles. The van der Waals surface area contributed by atoms with Gasteiger partial charge in [-0.15, -0.1) is 0 Å². The molecule has 1 aromatic carbocycles. The zero-order chi connectivity index (χ0) is 27.9. The van der Waals surface area contributed by atoms with Gasteiger partial charge >= 0.3 is 0 Å². The van der Waals surface area contributed by atoms with Crippen molar-refractivity contribution in [1.82, 2.24) is 9.80 Å². The number of rotatable bonds is 9. The number of halogens is 1. The second kappa shape index (κ2) is 17.5. The molecule has 1 aromatic rings. The van der Waals surface area contributed by atoms with E-state index in [0.29, 0.717) is 57.9 Å². The van der Waals surface area contributed by atoms with Gasteiger partial charge in [0.15, 0.2) is 0 Å². The fourth-order valence-corrected chi connectivity index (χ4v) is 4.25. The molecule has 0 aliphatic carbocycles. The molecule has 0 spiro atoms. The number of ether oxygens (including phenoxy) is 2. The molecule has 10 heteroatoms. The molecule has 0 aromatic heterocycles. The summed E-state index contributed by atoms with van der Waals surface area (Å²) in [6.45, 7) is 6.00. The van der Waals surface area contributed by atoms with Crippen molar-refractivity contribution in [2.45, 2.75) is 70.7 Å². The zero-order valence-corrected chi connectivity index (χ0v) is 22.9. The van der Waals surface area contributed by atoms with Gasteiger partial charge in [-0.3, -0.25) is 9.59 Å². The lowest BCUT2D eigenvalue weighted by Crippen LogP contribution is -2.51. The molecule has 9 nitrogen and oxygen atoms in total. The number of amides is 2. The summed E-state index contributed by atoms with van der Waals surface area (Å²) in [4.78, 5) is 29.6. The van der Waals surface area contributed by atoms with Crippen LogP contribution in [-0.4, -0.2) is 103 Å². The molecule has 3 atom stereocenters. The van der Waals surface area contributed by atoms with Crippen LogP contribution in [0.3, 0.4) is 0 Å². The molecule has 216 valence electrons. The van der Waals surface area contributed by atoms with Gasteiger partial charge in [-0.1, -0.05) is 26.0 Å². The van der Waals surface area contributed by atoms with Crippen LogP contribution < -0.4 is 5.73 Å². The molecule has 2 rings (SSSR count). The fourth-order valence-electron chi connectivity index (χ4n) is 4.25. The van der Waals surface area contributed by atoms with Crippen LogP contribution in [0.15, 0.2) is 24.3 Å². The molecular weight excluding hydrogens is 493 g/mol. The molecule has 0 saturated carbocycles. The largest absolute Gasteiger partial charge is 0.388 e. The number of benzene rings is 1. The molecule has 1 fully saturated rings. The first-order valence-electron chi connectivity index (χ1n) is 13.8. The van der Waals surface area contributed by atoms with Crippen molar-refractivity contribution >= 4 is 11.8 Å². The first-order valence-corrected chi connectivity index (χ1v) is 13.8. The number of hydrogen-bond donors (Lipinski definition) is 3. The summed E-state index contributed by atoms with van der Waals surface area (Å²) in [6, 6.07) is 5.72. The molecule has 1 aliphatic rings. The quantitative estimate of drug-likeness (QED) is 0.411. The van der Waals surface area contributed by atoms with E-state index < -0.39 is 30.0 Å². The van der Waals surface area contributed by atoms with E-state index in [9.17, 15) is 24.2 Å². The standard InChI is InChI=1S/C28H46FN3O6/c1-21(2)12-18-38-25-19-32(28(36)22-9-3-4-10-23(22)29)16-15-31(26(34)11-5-6-13-30)14-7-8-17-37-20-24(33)27(25)35/h3-4,9-10,21,24-25,27,33,35H,5-8,11-20,30H2,1-2H3/t24-,25-,27-/m1/s1. The van der Waals surface area contributed by atoms with E-state index in [1.165, 1.54) is 23.1 Å². The molecule has 2 amide bonds. The van der Waals surface area contributed by atoms with Gasteiger partial charge in [0.2, 0.25) is 5.91 Å². The summed E-state index contributed by atoms with van der Waals surface area (Å²) in [7, 11) is 0. The highest BCUT2D eigenvalue weighted by Gasteiger charge is 2.32. The topological polar surface area (TPSA) is 126 Å². The number of aliphatic hydroxyl groups is 2. The van der Waals surface area contributed by atoms with E-state index in [1.54, 1.807) is 11.0 Å². The Morgan fingerprint density at radius 3 is 2.58 bits per heavy atom. The summed E-state index contributed by atoms with van der Waals surface area (Å²) in [6.07, 6.45) is 0.403. The van der Waals surface area contributed by atoms with E-state index in [0.717, 1.165) is 12.8 Å². The second-order valence-corrected chi connectivity index (χ2v) is 10.3. The van der Waals surface area contributed by atoms with E-state index >= 15 is 0 Å². The minimum Gasteiger partial charge on any atom is -0.388 e. The van der Waals surface area contributed by atoms with Crippen LogP contribution in [0, 0.1) is 11.7 Å². The number of unbranched alkanes of at least 4 members (excludes halogenated alkanes) is 1. The summed E-state index contributed by atoms with van der Waals surface area (Å²) in [5, 5.41) is 21.5. The molecule has 0 bridgehead atoms. The maximum absolute atomic E-state index is 14.6. The average molecular weight is 540 g/mol. The van der Waals surface area contributed by atoms with Gasteiger partial charge in [-0.05, 0) is 56.7 Å². The van der Waals surface area contributed by atoms with Crippen molar-refractivity contribution in [3.05, 3.63) is 35.6 Å². The Bertz CT molecular complexity index is 843. The Balaban J connectivity index is 2.32. The molecular formula is C28H46FN3O6. The molecule has 38 heavy (non-hydrogen) atoms. The Morgan fingerprint density at radius 1 is 1.13 bits per heavy atom. The highest BCUT2D eigenvalue weighted by Crippen LogP contribution is 2.16. The molecule has 1 saturated heterocycles. The van der Waals surface area contributed by atoms with Crippen molar-refractivity contribution in [2.75, 3.05) is 52.5 Å². The van der Waals surface area contributed by atoms with Gasteiger partial charge in [0.05, 0.1) is 12.2 Å². The van der Waals surface area contributed by atoms with Crippen LogP contribution in [0.2, 0.25) is 0 Å². The zero-order valence-electron chi connectivity index (χ0n) is 22.9. The van der Waals surface area contributed by atoms with E-state index in [1.807, 2.05) is 13.8 Å². The van der Waals surface area contributed by atoms with Crippen molar-refractivity contribution in [3.8, 4) is 0 Å². The SMILES string of the molecule is CC(C)CCO[C@@H]1CN(C(=O)c2ccccc2F)CCN(C(=O)CCCCN)CCCCOC[C@@H](O)[C@H]1O. The van der Waals surface area contributed by atoms with Crippen molar-refractivity contribution in [2.24, 2.45) is 11.7 Å². The third kappa shape index (κ3) is 10.9. The van der Waals surface area contributed by atoms with E-state index in [-0.39, 0.29) is 37.7 Å². The van der Waals surface area contributed by atoms with Crippen LogP contribution in [0.5, 0.6) is 0 Å². The minimum absolute atomic E-state index is 0.0232. The summed E-state index contributed by atoms with van der Waals surface area (Å²) < 4.78 is 26.1. The average Bonchev–Trinajstić information content (AvgIpc) is 2.89. The number of aliphatic hydroxyl groups excluding tert-OH is 2. The van der Waals surface area contributed by atoms with Crippen molar-refractivity contribution in [3.63, 3.8) is 0 Å². The van der Waals surface area contributed by atoms with Gasteiger partial charge in [0, 0.05) is 45.8 Å². The molecule has 1 aliphatic heterocycles. The minimum atomic E-state index is -1.32. The van der Waals surface area contributed by atoms with Gasteiger partial charge < -0.3 is 35.2 Å².